The molecule has 2 rings (SSSR count). The zero-order valence-electron chi connectivity index (χ0n) is 7.20. The van der Waals surface area contributed by atoms with Gasteiger partial charge in [0.05, 0.1) is 0 Å². The second-order valence-corrected chi connectivity index (χ2v) is 2.95. The second-order valence-electron chi connectivity index (χ2n) is 2.95. The van der Waals surface area contributed by atoms with Crippen LogP contribution in [0.2, 0.25) is 0 Å². The van der Waals surface area contributed by atoms with Crippen molar-refractivity contribution in [3.63, 3.8) is 0 Å². The zero-order chi connectivity index (χ0) is 9.10. The fraction of sp³-hybridized carbons (Fsp3) is 0.100. The van der Waals surface area contributed by atoms with E-state index in [0.717, 1.165) is 23.4 Å². The highest BCUT2D eigenvalue weighted by Crippen LogP contribution is 2.12. The minimum atomic E-state index is 0.796. The Kier molecular flexibility index (Phi) is 2.00. The Hall–Kier alpha value is -1.77. The molecule has 3 heteroatoms. The predicted molar refractivity (Wildman–Crippen MR) is 52.2 cm³/mol. The van der Waals surface area contributed by atoms with Gasteiger partial charge in [-0.05, 0) is 23.8 Å². The number of nitrogens with zero attached hydrogens (tertiary/aromatic N) is 1. The summed E-state index contributed by atoms with van der Waals surface area (Å²) in [7, 11) is 0. The van der Waals surface area contributed by atoms with E-state index in [4.69, 9.17) is 5.73 Å². The fourth-order valence-electron chi connectivity index (χ4n) is 1.27. The molecule has 0 saturated heterocycles. The number of rotatable bonds is 2. The molecule has 13 heavy (non-hydrogen) atoms. The van der Waals surface area contributed by atoms with Crippen LogP contribution in [0.25, 0.3) is 0 Å². The van der Waals surface area contributed by atoms with Crippen molar-refractivity contribution in [1.82, 2.24) is 9.97 Å². The predicted octanol–water partition coefficient (Wildman–Crippen LogP) is 1.58. The SMILES string of the molecule is Nc1ccncc1Cc1ccc[nH]1. The van der Waals surface area contributed by atoms with Crippen molar-refractivity contribution in [2.75, 3.05) is 5.73 Å². The lowest BCUT2D eigenvalue weighted by Gasteiger charge is -2.01. The summed E-state index contributed by atoms with van der Waals surface area (Å²) in [5.41, 5.74) is 8.79. The van der Waals surface area contributed by atoms with Crippen LogP contribution in [-0.4, -0.2) is 9.97 Å². The number of aromatic nitrogens is 2. The van der Waals surface area contributed by atoms with Crippen LogP contribution in [0, 0.1) is 0 Å². The standard InChI is InChI=1S/C10H11N3/c11-10-3-5-12-7-8(10)6-9-2-1-4-13-9/h1-5,7,13H,6H2,(H2,11,12). The summed E-state index contributed by atoms with van der Waals surface area (Å²) < 4.78 is 0. The van der Waals surface area contributed by atoms with Gasteiger partial charge in [0, 0.05) is 36.4 Å². The van der Waals surface area contributed by atoms with E-state index < -0.39 is 0 Å². The summed E-state index contributed by atoms with van der Waals surface area (Å²) in [6.07, 6.45) is 6.22. The summed E-state index contributed by atoms with van der Waals surface area (Å²) in [5.74, 6) is 0. The van der Waals surface area contributed by atoms with E-state index in [-0.39, 0.29) is 0 Å². The van der Waals surface area contributed by atoms with Crippen molar-refractivity contribution in [2.45, 2.75) is 6.42 Å². The van der Waals surface area contributed by atoms with Gasteiger partial charge in [-0.2, -0.15) is 0 Å². The highest BCUT2D eigenvalue weighted by Gasteiger charge is 1.99. The molecular formula is C10H11N3. The van der Waals surface area contributed by atoms with Gasteiger partial charge in [0.25, 0.3) is 0 Å². The third kappa shape index (κ3) is 1.69. The van der Waals surface area contributed by atoms with Crippen LogP contribution in [-0.2, 0) is 6.42 Å². The van der Waals surface area contributed by atoms with Crippen LogP contribution < -0.4 is 5.73 Å². The molecule has 0 saturated carbocycles. The molecular weight excluding hydrogens is 162 g/mol. The lowest BCUT2D eigenvalue weighted by Crippen LogP contribution is -1.96. The monoisotopic (exact) mass is 173 g/mol. The zero-order valence-corrected chi connectivity index (χ0v) is 7.20. The minimum absolute atomic E-state index is 0.796. The maximum atomic E-state index is 5.78. The van der Waals surface area contributed by atoms with Gasteiger partial charge in [0.1, 0.15) is 0 Å². The van der Waals surface area contributed by atoms with E-state index in [1.165, 1.54) is 0 Å². The second kappa shape index (κ2) is 3.31. The van der Waals surface area contributed by atoms with E-state index in [1.54, 1.807) is 12.4 Å². The number of anilines is 1. The van der Waals surface area contributed by atoms with Crippen LogP contribution in [0.4, 0.5) is 5.69 Å². The van der Waals surface area contributed by atoms with Crippen molar-refractivity contribution in [3.8, 4) is 0 Å². The summed E-state index contributed by atoms with van der Waals surface area (Å²) in [4.78, 5) is 7.16. The third-order valence-electron chi connectivity index (χ3n) is 1.98. The molecule has 0 aromatic carbocycles. The van der Waals surface area contributed by atoms with Gasteiger partial charge >= 0.3 is 0 Å². The van der Waals surface area contributed by atoms with Crippen molar-refractivity contribution in [3.05, 3.63) is 48.0 Å². The first-order chi connectivity index (χ1) is 6.36. The van der Waals surface area contributed by atoms with Crippen LogP contribution in [0.1, 0.15) is 11.3 Å². The Balaban J connectivity index is 2.24. The maximum Gasteiger partial charge on any atom is 0.0381 e. The molecule has 0 radical (unpaired) electrons. The summed E-state index contributed by atoms with van der Waals surface area (Å²) in [6, 6.07) is 5.83. The Bertz CT molecular complexity index is 379. The smallest absolute Gasteiger partial charge is 0.0381 e. The fourth-order valence-corrected chi connectivity index (χ4v) is 1.27. The molecule has 3 nitrogen and oxygen atoms in total. The molecule has 2 aromatic rings. The topological polar surface area (TPSA) is 54.7 Å². The van der Waals surface area contributed by atoms with Crippen LogP contribution in [0.3, 0.4) is 0 Å². The quantitative estimate of drug-likeness (QED) is 0.724. The van der Waals surface area contributed by atoms with Crippen LogP contribution in [0.5, 0.6) is 0 Å². The van der Waals surface area contributed by atoms with Gasteiger partial charge in [0.2, 0.25) is 0 Å². The minimum Gasteiger partial charge on any atom is -0.398 e. The molecule has 0 spiro atoms. The van der Waals surface area contributed by atoms with E-state index in [0.29, 0.717) is 0 Å². The summed E-state index contributed by atoms with van der Waals surface area (Å²) >= 11 is 0. The Morgan fingerprint density at radius 2 is 2.31 bits per heavy atom. The van der Waals surface area contributed by atoms with E-state index in [9.17, 15) is 0 Å². The number of nitrogen functional groups attached to an aromatic ring is 1. The first-order valence-corrected chi connectivity index (χ1v) is 4.17. The van der Waals surface area contributed by atoms with E-state index in [1.807, 2.05) is 24.4 Å². The molecule has 0 bridgehead atoms. The average molecular weight is 173 g/mol. The number of aromatic amines is 1. The molecule has 0 aliphatic rings. The normalized spacial score (nSPS) is 10.2. The van der Waals surface area contributed by atoms with Crippen molar-refractivity contribution >= 4 is 5.69 Å². The number of hydrogen-bond donors (Lipinski definition) is 2. The summed E-state index contributed by atoms with van der Waals surface area (Å²) in [5, 5.41) is 0. The first kappa shape index (κ1) is 7.86. The van der Waals surface area contributed by atoms with Crippen LogP contribution >= 0.6 is 0 Å². The molecule has 66 valence electrons. The Morgan fingerprint density at radius 3 is 3.00 bits per heavy atom. The van der Waals surface area contributed by atoms with E-state index >= 15 is 0 Å². The van der Waals surface area contributed by atoms with Gasteiger partial charge in [-0.25, -0.2) is 0 Å². The molecule has 0 atom stereocenters. The molecule has 0 aliphatic carbocycles. The Morgan fingerprint density at radius 1 is 1.38 bits per heavy atom. The number of pyridine rings is 1. The lowest BCUT2D eigenvalue weighted by molar-refractivity contribution is 1.09. The van der Waals surface area contributed by atoms with Gasteiger partial charge in [-0.15, -0.1) is 0 Å². The molecule has 3 N–H and O–H groups in total. The van der Waals surface area contributed by atoms with Crippen molar-refractivity contribution < 1.29 is 0 Å². The molecule has 0 amide bonds. The van der Waals surface area contributed by atoms with E-state index in [2.05, 4.69) is 9.97 Å². The Labute approximate surface area is 76.6 Å². The van der Waals surface area contributed by atoms with Crippen molar-refractivity contribution in [2.24, 2.45) is 0 Å². The van der Waals surface area contributed by atoms with Gasteiger partial charge in [-0.1, -0.05) is 0 Å². The molecule has 0 aliphatic heterocycles. The number of nitrogens with one attached hydrogen (secondary N) is 1. The average Bonchev–Trinajstić information content (AvgIpc) is 2.61. The highest BCUT2D eigenvalue weighted by molar-refractivity contribution is 5.45. The molecule has 0 fully saturated rings. The lowest BCUT2D eigenvalue weighted by atomic mass is 10.1. The van der Waals surface area contributed by atoms with Gasteiger partial charge < -0.3 is 10.7 Å². The third-order valence-corrected chi connectivity index (χ3v) is 1.98. The molecule has 2 heterocycles. The van der Waals surface area contributed by atoms with Gasteiger partial charge in [0.15, 0.2) is 0 Å². The van der Waals surface area contributed by atoms with Gasteiger partial charge in [-0.3, -0.25) is 4.98 Å². The number of nitrogens with two attached hydrogens (primary N) is 1. The molecule has 2 aromatic heterocycles. The largest absolute Gasteiger partial charge is 0.398 e. The molecule has 0 unspecified atom stereocenters. The highest BCUT2D eigenvalue weighted by atomic mass is 14.7. The maximum absolute atomic E-state index is 5.78. The van der Waals surface area contributed by atoms with Crippen molar-refractivity contribution in [1.29, 1.82) is 0 Å². The first-order valence-electron chi connectivity index (χ1n) is 4.17. The number of hydrogen-bond acceptors (Lipinski definition) is 2. The number of H-pyrrole nitrogens is 1. The van der Waals surface area contributed by atoms with Crippen LogP contribution in [0.15, 0.2) is 36.8 Å². The summed E-state index contributed by atoms with van der Waals surface area (Å²) in [6.45, 7) is 0.